The molecule has 0 radical (unpaired) electrons. The Hall–Kier alpha value is -1.49. The van der Waals surface area contributed by atoms with E-state index in [-0.39, 0.29) is 12.0 Å². The smallest absolute Gasteiger partial charge is 0.270 e. The number of amides is 1. The maximum absolute atomic E-state index is 12.6. The zero-order valence-electron chi connectivity index (χ0n) is 11.9. The van der Waals surface area contributed by atoms with Crippen molar-refractivity contribution in [2.24, 2.45) is 5.92 Å². The number of carbonyl (C=O) groups excluding carboxylic acids is 1. The van der Waals surface area contributed by atoms with Crippen LogP contribution in [0, 0.1) is 5.92 Å². The van der Waals surface area contributed by atoms with Gasteiger partial charge in [-0.1, -0.05) is 6.92 Å². The van der Waals surface area contributed by atoms with Crippen molar-refractivity contribution in [1.82, 2.24) is 9.47 Å². The summed E-state index contributed by atoms with van der Waals surface area (Å²) in [6, 6.07) is 1.76. The quantitative estimate of drug-likeness (QED) is 0.902. The van der Waals surface area contributed by atoms with Gasteiger partial charge in [-0.05, 0) is 25.3 Å². The fourth-order valence-electron chi connectivity index (χ4n) is 2.66. The molecule has 0 spiro atoms. The second kappa shape index (κ2) is 5.65. The van der Waals surface area contributed by atoms with Crippen LogP contribution in [-0.4, -0.2) is 41.7 Å². The van der Waals surface area contributed by atoms with Gasteiger partial charge in [-0.3, -0.25) is 4.79 Å². The van der Waals surface area contributed by atoms with E-state index >= 15 is 0 Å². The van der Waals surface area contributed by atoms with E-state index in [0.29, 0.717) is 23.8 Å². The molecule has 0 aliphatic carbocycles. The van der Waals surface area contributed by atoms with E-state index in [1.807, 2.05) is 22.6 Å². The molecule has 1 aliphatic rings. The zero-order chi connectivity index (χ0) is 14.0. The SMILES string of the molecule is CCn1cc(N)cc1C(=O)N1CCC(C)C(OC)C1. The number of aromatic nitrogens is 1. The summed E-state index contributed by atoms with van der Waals surface area (Å²) in [5.41, 5.74) is 7.09. The molecule has 1 aliphatic heterocycles. The van der Waals surface area contributed by atoms with E-state index in [1.165, 1.54) is 0 Å². The zero-order valence-corrected chi connectivity index (χ0v) is 11.9. The van der Waals surface area contributed by atoms with Crippen molar-refractivity contribution >= 4 is 11.6 Å². The summed E-state index contributed by atoms with van der Waals surface area (Å²) >= 11 is 0. The van der Waals surface area contributed by atoms with E-state index in [9.17, 15) is 4.79 Å². The average molecular weight is 265 g/mol. The van der Waals surface area contributed by atoms with E-state index in [0.717, 1.165) is 19.5 Å². The number of aryl methyl sites for hydroxylation is 1. The highest BCUT2D eigenvalue weighted by Crippen LogP contribution is 2.22. The van der Waals surface area contributed by atoms with Crippen LogP contribution in [-0.2, 0) is 11.3 Å². The third-order valence-corrected chi connectivity index (χ3v) is 3.96. The summed E-state index contributed by atoms with van der Waals surface area (Å²) < 4.78 is 7.36. The number of likely N-dealkylation sites (tertiary alicyclic amines) is 1. The van der Waals surface area contributed by atoms with Crippen molar-refractivity contribution in [1.29, 1.82) is 0 Å². The maximum atomic E-state index is 12.6. The molecule has 0 saturated carbocycles. The second-order valence-electron chi connectivity index (χ2n) is 5.24. The number of ether oxygens (including phenoxy) is 1. The number of nitrogen functional groups attached to an aromatic ring is 1. The van der Waals surface area contributed by atoms with Crippen molar-refractivity contribution in [2.75, 3.05) is 25.9 Å². The van der Waals surface area contributed by atoms with E-state index in [1.54, 1.807) is 13.2 Å². The highest BCUT2D eigenvalue weighted by atomic mass is 16.5. The number of methoxy groups -OCH3 is 1. The first kappa shape index (κ1) is 13.9. The summed E-state index contributed by atoms with van der Waals surface area (Å²) in [7, 11) is 1.71. The van der Waals surface area contributed by atoms with Crippen LogP contribution >= 0.6 is 0 Å². The lowest BCUT2D eigenvalue weighted by atomic mass is 9.95. The fourth-order valence-corrected chi connectivity index (χ4v) is 2.66. The van der Waals surface area contributed by atoms with Crippen LogP contribution in [0.5, 0.6) is 0 Å². The van der Waals surface area contributed by atoms with E-state index in [2.05, 4.69) is 6.92 Å². The van der Waals surface area contributed by atoms with Crippen LogP contribution < -0.4 is 5.73 Å². The number of nitrogens with two attached hydrogens (primary N) is 1. The lowest BCUT2D eigenvalue weighted by Gasteiger charge is -2.36. The predicted octanol–water partition coefficient (Wildman–Crippen LogP) is 1.59. The average Bonchev–Trinajstić information content (AvgIpc) is 2.79. The van der Waals surface area contributed by atoms with Gasteiger partial charge >= 0.3 is 0 Å². The first-order valence-electron chi connectivity index (χ1n) is 6.84. The molecule has 2 unspecified atom stereocenters. The van der Waals surface area contributed by atoms with E-state index < -0.39 is 0 Å². The Balaban J connectivity index is 2.15. The molecule has 106 valence electrons. The molecule has 2 heterocycles. The Bertz CT molecular complexity index is 456. The van der Waals surface area contributed by atoms with Gasteiger partial charge in [0.05, 0.1) is 11.8 Å². The van der Waals surface area contributed by atoms with Gasteiger partial charge < -0.3 is 19.9 Å². The van der Waals surface area contributed by atoms with Gasteiger partial charge in [0.1, 0.15) is 5.69 Å². The molecule has 1 fully saturated rings. The van der Waals surface area contributed by atoms with Crippen molar-refractivity contribution in [2.45, 2.75) is 32.9 Å². The number of anilines is 1. The Kier molecular flexibility index (Phi) is 4.14. The van der Waals surface area contributed by atoms with Crippen LogP contribution in [0.1, 0.15) is 30.8 Å². The molecule has 0 aromatic carbocycles. The molecule has 19 heavy (non-hydrogen) atoms. The number of hydrogen-bond acceptors (Lipinski definition) is 3. The topological polar surface area (TPSA) is 60.5 Å². The molecule has 2 atom stereocenters. The van der Waals surface area contributed by atoms with Crippen molar-refractivity contribution in [3.05, 3.63) is 18.0 Å². The lowest BCUT2D eigenvalue weighted by molar-refractivity contribution is -0.00193. The van der Waals surface area contributed by atoms with Gasteiger partial charge in [-0.15, -0.1) is 0 Å². The van der Waals surface area contributed by atoms with Crippen LogP contribution in [0.25, 0.3) is 0 Å². The first-order chi connectivity index (χ1) is 9.06. The Morgan fingerprint density at radius 3 is 2.95 bits per heavy atom. The van der Waals surface area contributed by atoms with Gasteiger partial charge in [-0.25, -0.2) is 0 Å². The molecular formula is C14H23N3O2. The summed E-state index contributed by atoms with van der Waals surface area (Å²) in [5.74, 6) is 0.546. The Morgan fingerprint density at radius 2 is 2.32 bits per heavy atom. The minimum atomic E-state index is 0.0486. The lowest BCUT2D eigenvalue weighted by Crippen LogP contribution is -2.47. The summed E-state index contributed by atoms with van der Waals surface area (Å²) in [6.45, 7) is 6.37. The number of nitrogens with zero attached hydrogens (tertiary/aromatic N) is 2. The largest absolute Gasteiger partial charge is 0.397 e. The number of piperidine rings is 1. The number of carbonyl (C=O) groups is 1. The Morgan fingerprint density at radius 1 is 1.58 bits per heavy atom. The molecule has 1 amide bonds. The molecule has 5 nitrogen and oxygen atoms in total. The minimum absolute atomic E-state index is 0.0486. The normalized spacial score (nSPS) is 23.6. The number of hydrogen-bond donors (Lipinski definition) is 1. The number of rotatable bonds is 3. The molecule has 2 N–H and O–H groups in total. The van der Waals surface area contributed by atoms with Gasteiger partial charge in [0.15, 0.2) is 0 Å². The standard InChI is InChI=1S/C14H23N3O2/c1-4-16-8-11(15)7-12(16)14(18)17-6-5-10(2)13(9-17)19-3/h7-8,10,13H,4-6,9,15H2,1-3H3. The predicted molar refractivity (Wildman–Crippen MR) is 75.0 cm³/mol. The van der Waals surface area contributed by atoms with Crippen molar-refractivity contribution < 1.29 is 9.53 Å². The van der Waals surface area contributed by atoms with Gasteiger partial charge in [0.25, 0.3) is 5.91 Å². The molecule has 0 bridgehead atoms. The van der Waals surface area contributed by atoms with Gasteiger partial charge in [0.2, 0.25) is 0 Å². The monoisotopic (exact) mass is 265 g/mol. The third-order valence-electron chi connectivity index (χ3n) is 3.96. The third kappa shape index (κ3) is 2.76. The van der Waals surface area contributed by atoms with Gasteiger partial charge in [0, 0.05) is 32.9 Å². The first-order valence-corrected chi connectivity index (χ1v) is 6.84. The van der Waals surface area contributed by atoms with Gasteiger partial charge in [-0.2, -0.15) is 0 Å². The molecule has 1 aromatic heterocycles. The highest BCUT2D eigenvalue weighted by Gasteiger charge is 2.30. The van der Waals surface area contributed by atoms with Crippen LogP contribution in [0.3, 0.4) is 0 Å². The second-order valence-corrected chi connectivity index (χ2v) is 5.24. The Labute approximate surface area is 114 Å². The minimum Gasteiger partial charge on any atom is -0.397 e. The fraction of sp³-hybridized carbons (Fsp3) is 0.643. The molecule has 1 saturated heterocycles. The summed E-state index contributed by atoms with van der Waals surface area (Å²) in [4.78, 5) is 14.4. The van der Waals surface area contributed by atoms with Crippen LogP contribution in [0.15, 0.2) is 12.3 Å². The van der Waals surface area contributed by atoms with Crippen LogP contribution in [0.4, 0.5) is 5.69 Å². The van der Waals surface area contributed by atoms with Crippen LogP contribution in [0.2, 0.25) is 0 Å². The highest BCUT2D eigenvalue weighted by molar-refractivity contribution is 5.94. The van der Waals surface area contributed by atoms with Crippen molar-refractivity contribution in [3.8, 4) is 0 Å². The molecular weight excluding hydrogens is 242 g/mol. The van der Waals surface area contributed by atoms with Crippen molar-refractivity contribution in [3.63, 3.8) is 0 Å². The maximum Gasteiger partial charge on any atom is 0.270 e. The molecule has 5 heteroatoms. The molecule has 2 rings (SSSR count). The molecule has 1 aromatic rings. The summed E-state index contributed by atoms with van der Waals surface area (Å²) in [6.07, 6.45) is 2.92. The van der Waals surface area contributed by atoms with E-state index in [4.69, 9.17) is 10.5 Å². The summed E-state index contributed by atoms with van der Waals surface area (Å²) in [5, 5.41) is 0.